The Bertz CT molecular complexity index is 882. The van der Waals surface area contributed by atoms with Crippen LogP contribution >= 0.6 is 0 Å². The maximum Gasteiger partial charge on any atom is 0.410 e. The topological polar surface area (TPSA) is 81.6 Å². The summed E-state index contributed by atoms with van der Waals surface area (Å²) in [5, 5.41) is 0. The van der Waals surface area contributed by atoms with Crippen LogP contribution in [0.3, 0.4) is 0 Å². The highest BCUT2D eigenvalue weighted by molar-refractivity contribution is 5.93. The number of amides is 1. The van der Waals surface area contributed by atoms with Gasteiger partial charge in [0.15, 0.2) is 5.78 Å². The molecule has 0 atom stereocenters. The third-order valence-corrected chi connectivity index (χ3v) is 4.91. The summed E-state index contributed by atoms with van der Waals surface area (Å²) in [4.78, 5) is 34.2. The van der Waals surface area contributed by atoms with Crippen molar-refractivity contribution in [3.63, 3.8) is 0 Å². The van der Waals surface area contributed by atoms with Gasteiger partial charge in [-0.3, -0.25) is 9.78 Å². The monoisotopic (exact) mass is 411 g/mol. The molecule has 0 radical (unpaired) electrons. The summed E-state index contributed by atoms with van der Waals surface area (Å²) in [6.07, 6.45) is 2.98. The Labute approximate surface area is 177 Å². The van der Waals surface area contributed by atoms with E-state index in [1.807, 2.05) is 39.0 Å². The summed E-state index contributed by atoms with van der Waals surface area (Å²) in [5.74, 6) is 0.807. The molecule has 0 unspecified atom stereocenters. The number of ether oxygens (including phenoxy) is 2. The summed E-state index contributed by atoms with van der Waals surface area (Å²) >= 11 is 0. The smallest absolute Gasteiger partial charge is 0.410 e. The molecule has 2 aromatic rings. The molecule has 1 aliphatic rings. The molecular formula is C23H29N3O4. The van der Waals surface area contributed by atoms with Crippen LogP contribution in [-0.4, -0.2) is 45.4 Å². The molecule has 0 bridgehead atoms. The first-order valence-electron chi connectivity index (χ1n) is 10.2. The van der Waals surface area contributed by atoms with Crippen molar-refractivity contribution < 1.29 is 19.1 Å². The van der Waals surface area contributed by atoms with Crippen molar-refractivity contribution in [2.24, 2.45) is 0 Å². The van der Waals surface area contributed by atoms with Crippen molar-refractivity contribution in [2.75, 3.05) is 13.1 Å². The largest absolute Gasteiger partial charge is 0.471 e. The predicted octanol–water partition coefficient (Wildman–Crippen LogP) is 4.37. The van der Waals surface area contributed by atoms with Crippen LogP contribution in [-0.2, 0) is 11.3 Å². The van der Waals surface area contributed by atoms with Crippen molar-refractivity contribution in [3.05, 3.63) is 53.5 Å². The number of ketones is 1. The second-order valence-corrected chi connectivity index (χ2v) is 8.53. The summed E-state index contributed by atoms with van der Waals surface area (Å²) in [5.41, 5.74) is 1.80. The van der Waals surface area contributed by atoms with Gasteiger partial charge >= 0.3 is 6.09 Å². The van der Waals surface area contributed by atoms with E-state index in [-0.39, 0.29) is 24.4 Å². The maximum atomic E-state index is 12.2. The van der Waals surface area contributed by atoms with E-state index in [1.165, 1.54) is 6.92 Å². The Morgan fingerprint density at radius 1 is 1.13 bits per heavy atom. The zero-order chi connectivity index (χ0) is 21.7. The van der Waals surface area contributed by atoms with E-state index in [2.05, 4.69) is 9.97 Å². The number of hydrogen-bond acceptors (Lipinski definition) is 6. The normalized spacial score (nSPS) is 15.0. The predicted molar refractivity (Wildman–Crippen MR) is 113 cm³/mol. The van der Waals surface area contributed by atoms with E-state index >= 15 is 0 Å². The molecule has 0 aliphatic carbocycles. The number of rotatable bonds is 5. The van der Waals surface area contributed by atoms with Gasteiger partial charge in [-0.15, -0.1) is 0 Å². The minimum absolute atomic E-state index is 0.0120. The van der Waals surface area contributed by atoms with Crippen molar-refractivity contribution in [2.45, 2.75) is 58.7 Å². The Kier molecular flexibility index (Phi) is 6.70. The molecule has 1 aliphatic heterocycles. The number of carbonyl (C=O) groups is 2. The lowest BCUT2D eigenvalue weighted by Crippen LogP contribution is -2.41. The first kappa shape index (κ1) is 21.7. The molecule has 1 fully saturated rings. The molecule has 0 spiro atoms. The molecule has 1 amide bonds. The van der Waals surface area contributed by atoms with Gasteiger partial charge in [-0.05, 0) is 58.7 Å². The van der Waals surface area contributed by atoms with Crippen LogP contribution in [0, 0.1) is 0 Å². The Hall–Kier alpha value is -2.96. The number of nitrogens with zero attached hydrogens (tertiary/aromatic N) is 3. The van der Waals surface area contributed by atoms with Crippen LogP contribution in [0.4, 0.5) is 4.79 Å². The summed E-state index contributed by atoms with van der Waals surface area (Å²) in [7, 11) is 0. The first-order valence-corrected chi connectivity index (χ1v) is 10.2. The van der Waals surface area contributed by atoms with Crippen LogP contribution in [0.25, 0.3) is 0 Å². The van der Waals surface area contributed by atoms with E-state index < -0.39 is 5.60 Å². The van der Waals surface area contributed by atoms with Crippen LogP contribution in [0.1, 0.15) is 68.2 Å². The third kappa shape index (κ3) is 6.02. The number of hydrogen-bond donors (Lipinski definition) is 0. The SMILES string of the molecule is CC(=O)c1ccc(COc2cccc(C3CCN(C(=O)OC(C)(C)C)CC3)n2)nc1. The highest BCUT2D eigenvalue weighted by Crippen LogP contribution is 2.28. The third-order valence-electron chi connectivity index (χ3n) is 4.91. The van der Waals surface area contributed by atoms with Gasteiger partial charge in [0.05, 0.1) is 5.69 Å². The van der Waals surface area contributed by atoms with Crippen LogP contribution < -0.4 is 4.74 Å². The highest BCUT2D eigenvalue weighted by Gasteiger charge is 2.28. The van der Waals surface area contributed by atoms with E-state index in [9.17, 15) is 9.59 Å². The molecule has 7 heteroatoms. The summed E-state index contributed by atoms with van der Waals surface area (Å²) in [6, 6.07) is 9.29. The fourth-order valence-corrected chi connectivity index (χ4v) is 3.29. The van der Waals surface area contributed by atoms with Crippen LogP contribution in [0.2, 0.25) is 0 Å². The van der Waals surface area contributed by atoms with E-state index in [0.717, 1.165) is 24.2 Å². The fourth-order valence-electron chi connectivity index (χ4n) is 3.29. The second kappa shape index (κ2) is 9.24. The molecule has 1 saturated heterocycles. The number of likely N-dealkylation sites (tertiary alicyclic amines) is 1. The van der Waals surface area contributed by atoms with Gasteiger partial charge < -0.3 is 14.4 Å². The van der Waals surface area contributed by atoms with Gasteiger partial charge in [0, 0.05) is 42.5 Å². The molecule has 0 saturated carbocycles. The van der Waals surface area contributed by atoms with Crippen molar-refractivity contribution in [1.29, 1.82) is 0 Å². The van der Waals surface area contributed by atoms with E-state index in [4.69, 9.17) is 9.47 Å². The molecular weight excluding hydrogens is 382 g/mol. The molecule has 7 nitrogen and oxygen atoms in total. The van der Waals surface area contributed by atoms with Gasteiger partial charge in [-0.25, -0.2) is 9.78 Å². The lowest BCUT2D eigenvalue weighted by molar-refractivity contribution is 0.0203. The minimum Gasteiger partial charge on any atom is -0.471 e. The lowest BCUT2D eigenvalue weighted by Gasteiger charge is -2.33. The lowest BCUT2D eigenvalue weighted by atomic mass is 9.93. The van der Waals surface area contributed by atoms with Crippen LogP contribution in [0.5, 0.6) is 5.88 Å². The van der Waals surface area contributed by atoms with Crippen molar-refractivity contribution in [1.82, 2.24) is 14.9 Å². The Morgan fingerprint density at radius 2 is 1.87 bits per heavy atom. The number of piperidine rings is 1. The second-order valence-electron chi connectivity index (χ2n) is 8.53. The average molecular weight is 412 g/mol. The van der Waals surface area contributed by atoms with Gasteiger partial charge in [0.1, 0.15) is 12.2 Å². The number of Topliss-reactive ketones (excluding diaryl/α,β-unsaturated/α-hetero) is 1. The fraction of sp³-hybridized carbons (Fsp3) is 0.478. The number of aromatic nitrogens is 2. The van der Waals surface area contributed by atoms with Crippen molar-refractivity contribution in [3.8, 4) is 5.88 Å². The summed E-state index contributed by atoms with van der Waals surface area (Å²) in [6.45, 7) is 8.73. The van der Waals surface area contributed by atoms with Crippen LogP contribution in [0.15, 0.2) is 36.5 Å². The average Bonchev–Trinajstić information content (AvgIpc) is 2.71. The van der Waals surface area contributed by atoms with Gasteiger partial charge in [0.25, 0.3) is 0 Å². The molecule has 0 aromatic carbocycles. The molecule has 3 heterocycles. The maximum absolute atomic E-state index is 12.2. The molecule has 2 aromatic heterocycles. The van der Waals surface area contributed by atoms with Crippen molar-refractivity contribution >= 4 is 11.9 Å². The van der Waals surface area contributed by atoms with E-state index in [1.54, 1.807) is 23.2 Å². The quantitative estimate of drug-likeness (QED) is 0.680. The van der Waals surface area contributed by atoms with Gasteiger partial charge in [-0.2, -0.15) is 0 Å². The molecule has 3 rings (SSSR count). The number of pyridine rings is 2. The zero-order valence-corrected chi connectivity index (χ0v) is 18.1. The molecule has 30 heavy (non-hydrogen) atoms. The Balaban J connectivity index is 1.54. The number of carbonyl (C=O) groups excluding carboxylic acids is 2. The van der Waals surface area contributed by atoms with E-state index in [0.29, 0.717) is 24.5 Å². The minimum atomic E-state index is -0.484. The van der Waals surface area contributed by atoms with Gasteiger partial charge in [-0.1, -0.05) is 6.07 Å². The zero-order valence-electron chi connectivity index (χ0n) is 18.1. The Morgan fingerprint density at radius 3 is 2.47 bits per heavy atom. The standard InChI is InChI=1S/C23H29N3O4/c1-16(27)18-8-9-19(24-14-18)15-29-21-7-5-6-20(25-21)17-10-12-26(13-11-17)22(28)30-23(2,3)4/h5-9,14,17H,10-13,15H2,1-4H3. The molecule has 160 valence electrons. The summed E-state index contributed by atoms with van der Waals surface area (Å²) < 4.78 is 11.3. The highest BCUT2D eigenvalue weighted by atomic mass is 16.6. The molecule has 0 N–H and O–H groups in total. The first-order chi connectivity index (χ1) is 14.2. The van der Waals surface area contributed by atoms with Gasteiger partial charge in [0.2, 0.25) is 5.88 Å².